The topological polar surface area (TPSA) is 95.9 Å². The first-order chi connectivity index (χ1) is 10.7. The summed E-state index contributed by atoms with van der Waals surface area (Å²) in [7, 11) is 0. The van der Waals surface area contributed by atoms with E-state index in [1.807, 2.05) is 0 Å². The third kappa shape index (κ3) is 4.21. The van der Waals surface area contributed by atoms with Gasteiger partial charge in [-0.05, 0) is 32.9 Å². The van der Waals surface area contributed by atoms with Gasteiger partial charge in [0, 0.05) is 13.0 Å². The average molecular weight is 320 g/mol. The normalized spacial score (nSPS) is 18.0. The molecule has 0 aromatic heterocycles. The Labute approximate surface area is 134 Å². The minimum Gasteiger partial charge on any atom is -0.481 e. The van der Waals surface area contributed by atoms with Crippen LogP contribution in [0.2, 0.25) is 0 Å². The van der Waals surface area contributed by atoms with Gasteiger partial charge in [-0.15, -0.1) is 0 Å². The summed E-state index contributed by atoms with van der Waals surface area (Å²) in [6, 6.07) is 6.73. The Bertz CT molecular complexity index is 636. The molecule has 0 radical (unpaired) electrons. The molecular formula is C16H20N2O5. The van der Waals surface area contributed by atoms with Crippen LogP contribution in [0.4, 0.5) is 16.2 Å². The molecule has 1 unspecified atom stereocenters. The van der Waals surface area contributed by atoms with Gasteiger partial charge in [0.15, 0.2) is 0 Å². The number of rotatable bonds is 3. The standard InChI is InChI=1S/C16H20N2O5/c1-16(2,3)23-15(22)17-11-6-4-5-7-12(11)18-9-10(14(20)21)8-13(18)19/h4-7,10H,8-9H2,1-3H3,(H,17,22)(H,20,21). The maximum absolute atomic E-state index is 12.1. The Morgan fingerprint density at radius 2 is 1.96 bits per heavy atom. The van der Waals surface area contributed by atoms with Gasteiger partial charge in [0.05, 0.1) is 17.3 Å². The maximum Gasteiger partial charge on any atom is 0.412 e. The third-order valence-corrected chi connectivity index (χ3v) is 3.30. The molecule has 1 fully saturated rings. The Balaban J connectivity index is 2.20. The van der Waals surface area contributed by atoms with Crippen molar-refractivity contribution in [3.8, 4) is 0 Å². The molecule has 0 saturated carbocycles. The van der Waals surface area contributed by atoms with Crippen LogP contribution < -0.4 is 10.2 Å². The highest BCUT2D eigenvalue weighted by atomic mass is 16.6. The van der Waals surface area contributed by atoms with E-state index in [9.17, 15) is 14.4 Å². The number of anilines is 2. The van der Waals surface area contributed by atoms with Gasteiger partial charge in [0.2, 0.25) is 5.91 Å². The van der Waals surface area contributed by atoms with Gasteiger partial charge in [-0.25, -0.2) is 4.79 Å². The van der Waals surface area contributed by atoms with Crippen molar-refractivity contribution in [1.82, 2.24) is 0 Å². The fourth-order valence-corrected chi connectivity index (χ4v) is 2.33. The number of amides is 2. The fourth-order valence-electron chi connectivity index (χ4n) is 2.33. The Morgan fingerprint density at radius 1 is 1.30 bits per heavy atom. The van der Waals surface area contributed by atoms with Gasteiger partial charge in [0.25, 0.3) is 0 Å². The van der Waals surface area contributed by atoms with Crippen molar-refractivity contribution in [3.63, 3.8) is 0 Å². The van der Waals surface area contributed by atoms with E-state index in [4.69, 9.17) is 9.84 Å². The van der Waals surface area contributed by atoms with Crippen LogP contribution in [0.3, 0.4) is 0 Å². The van der Waals surface area contributed by atoms with E-state index in [-0.39, 0.29) is 18.9 Å². The number of carbonyl (C=O) groups is 3. The number of nitrogens with one attached hydrogen (secondary N) is 1. The van der Waals surface area contributed by atoms with E-state index in [0.29, 0.717) is 11.4 Å². The molecule has 1 aliphatic rings. The molecule has 1 heterocycles. The van der Waals surface area contributed by atoms with E-state index in [1.165, 1.54) is 4.90 Å². The maximum atomic E-state index is 12.1. The van der Waals surface area contributed by atoms with Gasteiger partial charge in [-0.2, -0.15) is 0 Å². The molecule has 7 nitrogen and oxygen atoms in total. The van der Waals surface area contributed by atoms with Crippen LogP contribution in [0.5, 0.6) is 0 Å². The number of carbonyl (C=O) groups excluding carboxylic acids is 2. The van der Waals surface area contributed by atoms with Crippen LogP contribution in [-0.4, -0.2) is 35.2 Å². The summed E-state index contributed by atoms with van der Waals surface area (Å²) >= 11 is 0. The summed E-state index contributed by atoms with van der Waals surface area (Å²) in [5.74, 6) is -2.02. The van der Waals surface area contributed by atoms with Crippen LogP contribution in [0.25, 0.3) is 0 Å². The fraction of sp³-hybridized carbons (Fsp3) is 0.438. The first-order valence-corrected chi connectivity index (χ1v) is 7.29. The van der Waals surface area contributed by atoms with Gasteiger partial charge in [-0.3, -0.25) is 14.9 Å². The van der Waals surface area contributed by atoms with Crippen molar-refractivity contribution in [3.05, 3.63) is 24.3 Å². The number of hydrogen-bond acceptors (Lipinski definition) is 4. The number of carboxylic acids is 1. The number of para-hydroxylation sites is 2. The van der Waals surface area contributed by atoms with E-state index in [2.05, 4.69) is 5.32 Å². The third-order valence-electron chi connectivity index (χ3n) is 3.30. The van der Waals surface area contributed by atoms with Crippen molar-refractivity contribution < 1.29 is 24.2 Å². The number of nitrogens with zero attached hydrogens (tertiary/aromatic N) is 1. The number of carboxylic acid groups (broad SMARTS) is 1. The summed E-state index contributed by atoms with van der Waals surface area (Å²) in [5, 5.41) is 11.7. The first kappa shape index (κ1) is 16.8. The van der Waals surface area contributed by atoms with E-state index in [0.717, 1.165) is 0 Å². The van der Waals surface area contributed by atoms with Crippen molar-refractivity contribution in [2.75, 3.05) is 16.8 Å². The minimum atomic E-state index is -1.00. The van der Waals surface area contributed by atoms with Crippen LogP contribution in [-0.2, 0) is 14.3 Å². The lowest BCUT2D eigenvalue weighted by Crippen LogP contribution is -2.29. The SMILES string of the molecule is CC(C)(C)OC(=O)Nc1ccccc1N1CC(C(=O)O)CC1=O. The van der Waals surface area contributed by atoms with Gasteiger partial charge < -0.3 is 14.7 Å². The number of hydrogen-bond donors (Lipinski definition) is 2. The molecular weight excluding hydrogens is 300 g/mol. The van der Waals surface area contributed by atoms with Crippen LogP contribution in [0, 0.1) is 5.92 Å². The summed E-state index contributed by atoms with van der Waals surface area (Å²) < 4.78 is 5.20. The van der Waals surface area contributed by atoms with Crippen molar-refractivity contribution >= 4 is 29.3 Å². The molecule has 1 aliphatic heterocycles. The first-order valence-electron chi connectivity index (χ1n) is 7.29. The second-order valence-electron chi connectivity index (χ2n) is 6.39. The lowest BCUT2D eigenvalue weighted by atomic mass is 10.1. The lowest BCUT2D eigenvalue weighted by molar-refractivity contribution is -0.141. The van der Waals surface area contributed by atoms with Gasteiger partial charge in [0.1, 0.15) is 5.60 Å². The predicted octanol–water partition coefficient (Wildman–Crippen LogP) is 2.47. The molecule has 1 saturated heterocycles. The van der Waals surface area contributed by atoms with Crippen LogP contribution >= 0.6 is 0 Å². The summed E-state index contributed by atoms with van der Waals surface area (Å²) in [6.45, 7) is 5.33. The van der Waals surface area contributed by atoms with Crippen molar-refractivity contribution in [1.29, 1.82) is 0 Å². The van der Waals surface area contributed by atoms with Gasteiger partial charge >= 0.3 is 12.1 Å². The highest BCUT2D eigenvalue weighted by Gasteiger charge is 2.36. The molecule has 0 spiro atoms. The average Bonchev–Trinajstić information content (AvgIpc) is 2.79. The highest BCUT2D eigenvalue weighted by molar-refractivity contribution is 6.03. The highest BCUT2D eigenvalue weighted by Crippen LogP contribution is 2.31. The number of aliphatic carboxylic acids is 1. The van der Waals surface area contributed by atoms with Gasteiger partial charge in [-0.1, -0.05) is 12.1 Å². The largest absolute Gasteiger partial charge is 0.481 e. The molecule has 0 aliphatic carbocycles. The molecule has 1 atom stereocenters. The molecule has 1 aromatic rings. The zero-order valence-corrected chi connectivity index (χ0v) is 13.3. The minimum absolute atomic E-state index is 0.0455. The molecule has 7 heteroatoms. The molecule has 124 valence electrons. The molecule has 1 aromatic carbocycles. The number of benzene rings is 1. The Kier molecular flexibility index (Phi) is 4.58. The lowest BCUT2D eigenvalue weighted by Gasteiger charge is -2.23. The Hall–Kier alpha value is -2.57. The number of ether oxygens (including phenoxy) is 1. The van der Waals surface area contributed by atoms with Crippen LogP contribution in [0.15, 0.2) is 24.3 Å². The van der Waals surface area contributed by atoms with E-state index < -0.39 is 23.6 Å². The zero-order chi connectivity index (χ0) is 17.2. The molecule has 23 heavy (non-hydrogen) atoms. The molecule has 2 rings (SSSR count). The van der Waals surface area contributed by atoms with Crippen LogP contribution in [0.1, 0.15) is 27.2 Å². The second-order valence-corrected chi connectivity index (χ2v) is 6.39. The zero-order valence-electron chi connectivity index (χ0n) is 13.3. The Morgan fingerprint density at radius 3 is 2.52 bits per heavy atom. The monoisotopic (exact) mass is 320 g/mol. The van der Waals surface area contributed by atoms with E-state index >= 15 is 0 Å². The summed E-state index contributed by atoms with van der Waals surface area (Å²) in [4.78, 5) is 36.4. The summed E-state index contributed by atoms with van der Waals surface area (Å²) in [5.41, 5.74) is 0.227. The quantitative estimate of drug-likeness (QED) is 0.892. The van der Waals surface area contributed by atoms with E-state index in [1.54, 1.807) is 45.0 Å². The molecule has 2 amide bonds. The summed E-state index contributed by atoms with van der Waals surface area (Å²) in [6.07, 6.45) is -0.679. The van der Waals surface area contributed by atoms with Crippen molar-refractivity contribution in [2.24, 2.45) is 5.92 Å². The molecule has 2 N–H and O–H groups in total. The predicted molar refractivity (Wildman–Crippen MR) is 84.4 cm³/mol. The van der Waals surface area contributed by atoms with Crippen molar-refractivity contribution in [2.45, 2.75) is 32.8 Å². The second kappa shape index (κ2) is 6.28. The molecule has 0 bridgehead atoms. The smallest absolute Gasteiger partial charge is 0.412 e.